The van der Waals surface area contributed by atoms with Gasteiger partial charge in [0.05, 0.1) is 6.42 Å². The van der Waals surface area contributed by atoms with Crippen LogP contribution in [0, 0.1) is 11.7 Å². The second-order valence-electron chi connectivity index (χ2n) is 6.15. The summed E-state index contributed by atoms with van der Waals surface area (Å²) in [5.41, 5.74) is 0. The molecule has 132 valence electrons. The summed E-state index contributed by atoms with van der Waals surface area (Å²) in [6, 6.07) is 6.31. The number of nitrogens with one attached hydrogen (secondary N) is 1. The minimum Gasteiger partial charge on any atom is -0.456 e. The van der Waals surface area contributed by atoms with E-state index in [0.717, 1.165) is 24.2 Å². The fourth-order valence-electron chi connectivity index (χ4n) is 2.78. The SMILES string of the molecule is C[C@H]1CCCC[C@@H]1NC(=O)COC(=O)CCSc1ccc(F)cc1. The van der Waals surface area contributed by atoms with Crippen molar-refractivity contribution in [1.29, 1.82) is 0 Å². The Kier molecular flexibility index (Phi) is 7.56. The van der Waals surface area contributed by atoms with Gasteiger partial charge in [0.25, 0.3) is 5.91 Å². The molecule has 2 atom stereocenters. The summed E-state index contributed by atoms with van der Waals surface area (Å²) in [6.07, 6.45) is 4.69. The summed E-state index contributed by atoms with van der Waals surface area (Å²) < 4.78 is 17.8. The zero-order chi connectivity index (χ0) is 17.4. The van der Waals surface area contributed by atoms with Crippen molar-refractivity contribution in [2.24, 2.45) is 5.92 Å². The second-order valence-corrected chi connectivity index (χ2v) is 7.32. The van der Waals surface area contributed by atoms with Gasteiger partial charge < -0.3 is 10.1 Å². The molecule has 1 fully saturated rings. The topological polar surface area (TPSA) is 55.4 Å². The third-order valence-corrected chi connectivity index (χ3v) is 5.22. The molecule has 0 spiro atoms. The van der Waals surface area contributed by atoms with Crippen LogP contribution in [0.15, 0.2) is 29.2 Å². The van der Waals surface area contributed by atoms with Gasteiger partial charge >= 0.3 is 5.97 Å². The second kappa shape index (κ2) is 9.67. The van der Waals surface area contributed by atoms with Crippen molar-refractivity contribution < 1.29 is 18.7 Å². The van der Waals surface area contributed by atoms with Crippen LogP contribution in [0.1, 0.15) is 39.0 Å². The molecule has 1 aliphatic carbocycles. The Balaban J connectivity index is 1.60. The van der Waals surface area contributed by atoms with Gasteiger partial charge in [0, 0.05) is 16.7 Å². The molecule has 1 aromatic carbocycles. The van der Waals surface area contributed by atoms with Gasteiger partial charge in [-0.25, -0.2) is 4.39 Å². The van der Waals surface area contributed by atoms with Gasteiger partial charge in [-0.05, 0) is 43.0 Å². The van der Waals surface area contributed by atoms with Crippen LogP contribution in [0.2, 0.25) is 0 Å². The number of ether oxygens (including phenoxy) is 1. The summed E-state index contributed by atoms with van der Waals surface area (Å²) in [7, 11) is 0. The highest BCUT2D eigenvalue weighted by molar-refractivity contribution is 7.99. The Bertz CT molecular complexity index is 550. The average molecular weight is 353 g/mol. The van der Waals surface area contributed by atoms with Gasteiger partial charge in [-0.1, -0.05) is 19.8 Å². The van der Waals surface area contributed by atoms with Crippen LogP contribution in [-0.4, -0.2) is 30.3 Å². The van der Waals surface area contributed by atoms with Crippen LogP contribution in [0.4, 0.5) is 4.39 Å². The minimum atomic E-state index is -0.392. The van der Waals surface area contributed by atoms with Crippen LogP contribution >= 0.6 is 11.8 Å². The van der Waals surface area contributed by atoms with E-state index in [1.165, 1.54) is 30.3 Å². The van der Waals surface area contributed by atoms with E-state index < -0.39 is 5.97 Å². The zero-order valence-corrected chi connectivity index (χ0v) is 14.7. The van der Waals surface area contributed by atoms with Gasteiger partial charge in [-0.15, -0.1) is 11.8 Å². The molecule has 1 saturated carbocycles. The number of rotatable bonds is 7. The molecule has 1 aliphatic rings. The highest BCUT2D eigenvalue weighted by Crippen LogP contribution is 2.23. The van der Waals surface area contributed by atoms with Gasteiger partial charge in [0.2, 0.25) is 0 Å². The van der Waals surface area contributed by atoms with Crippen molar-refractivity contribution in [1.82, 2.24) is 5.32 Å². The Morgan fingerprint density at radius 1 is 1.25 bits per heavy atom. The molecule has 0 heterocycles. The number of carbonyl (C=O) groups excluding carboxylic acids is 2. The fourth-order valence-corrected chi connectivity index (χ4v) is 3.61. The van der Waals surface area contributed by atoms with Gasteiger partial charge in [0.1, 0.15) is 5.82 Å². The Labute approximate surface area is 146 Å². The lowest BCUT2D eigenvalue weighted by Gasteiger charge is -2.29. The molecule has 0 unspecified atom stereocenters. The third kappa shape index (κ3) is 6.51. The number of esters is 1. The van der Waals surface area contributed by atoms with E-state index in [1.54, 1.807) is 12.1 Å². The van der Waals surface area contributed by atoms with Crippen LogP contribution in [0.3, 0.4) is 0 Å². The number of hydrogen-bond acceptors (Lipinski definition) is 4. The molecule has 0 aromatic heterocycles. The lowest BCUT2D eigenvalue weighted by Crippen LogP contribution is -2.42. The smallest absolute Gasteiger partial charge is 0.307 e. The first-order valence-electron chi connectivity index (χ1n) is 8.38. The monoisotopic (exact) mass is 353 g/mol. The maximum absolute atomic E-state index is 12.8. The molecule has 2 rings (SSSR count). The lowest BCUT2D eigenvalue weighted by atomic mass is 9.86. The number of hydrogen-bond donors (Lipinski definition) is 1. The quantitative estimate of drug-likeness (QED) is 0.602. The largest absolute Gasteiger partial charge is 0.456 e. The Morgan fingerprint density at radius 3 is 2.67 bits per heavy atom. The molecule has 6 heteroatoms. The van der Waals surface area contributed by atoms with Gasteiger partial charge in [-0.3, -0.25) is 9.59 Å². The minimum absolute atomic E-state index is 0.194. The normalized spacial score (nSPS) is 20.4. The van der Waals surface area contributed by atoms with Crippen molar-refractivity contribution in [2.45, 2.75) is 50.0 Å². The highest BCUT2D eigenvalue weighted by Gasteiger charge is 2.23. The predicted octanol–water partition coefficient (Wildman–Crippen LogP) is 3.55. The fraction of sp³-hybridized carbons (Fsp3) is 0.556. The lowest BCUT2D eigenvalue weighted by molar-refractivity contribution is -0.148. The number of benzene rings is 1. The van der Waals surface area contributed by atoms with E-state index in [4.69, 9.17) is 4.74 Å². The molecule has 0 radical (unpaired) electrons. The Morgan fingerprint density at radius 2 is 1.96 bits per heavy atom. The van der Waals surface area contributed by atoms with E-state index in [2.05, 4.69) is 12.2 Å². The first-order chi connectivity index (χ1) is 11.5. The average Bonchev–Trinajstić information content (AvgIpc) is 2.57. The van der Waals surface area contributed by atoms with Crippen LogP contribution in [0.5, 0.6) is 0 Å². The van der Waals surface area contributed by atoms with Crippen molar-refractivity contribution in [3.8, 4) is 0 Å². The molecule has 0 aliphatic heterocycles. The molecule has 0 bridgehead atoms. The van der Waals surface area contributed by atoms with Crippen molar-refractivity contribution in [2.75, 3.05) is 12.4 Å². The molecule has 0 saturated heterocycles. The standard InChI is InChI=1S/C18H24FNO3S/c1-13-4-2-3-5-16(13)20-17(21)12-23-18(22)10-11-24-15-8-6-14(19)7-9-15/h6-9,13,16H,2-5,10-12H2,1H3,(H,20,21)/t13-,16-/m0/s1. The van der Waals surface area contributed by atoms with Crippen molar-refractivity contribution >= 4 is 23.6 Å². The van der Waals surface area contributed by atoms with E-state index in [-0.39, 0.29) is 30.8 Å². The molecular formula is C18H24FNO3S. The van der Waals surface area contributed by atoms with Crippen LogP contribution in [0.25, 0.3) is 0 Å². The molecule has 1 N–H and O–H groups in total. The Hall–Kier alpha value is -1.56. The third-order valence-electron chi connectivity index (χ3n) is 4.21. The summed E-state index contributed by atoms with van der Waals surface area (Å²) in [4.78, 5) is 24.4. The summed E-state index contributed by atoms with van der Waals surface area (Å²) in [5.74, 6) is 0.110. The van der Waals surface area contributed by atoms with Gasteiger partial charge in [0.15, 0.2) is 6.61 Å². The molecule has 1 aromatic rings. The number of carbonyl (C=O) groups is 2. The van der Waals surface area contributed by atoms with Crippen LogP contribution in [-0.2, 0) is 14.3 Å². The molecule has 1 amide bonds. The number of amides is 1. The van der Waals surface area contributed by atoms with Crippen molar-refractivity contribution in [3.05, 3.63) is 30.1 Å². The van der Waals surface area contributed by atoms with E-state index >= 15 is 0 Å². The highest BCUT2D eigenvalue weighted by atomic mass is 32.2. The summed E-state index contributed by atoms with van der Waals surface area (Å²) >= 11 is 1.45. The molecule has 24 heavy (non-hydrogen) atoms. The maximum atomic E-state index is 12.8. The number of thioether (sulfide) groups is 1. The first kappa shape index (κ1) is 18.8. The zero-order valence-electron chi connectivity index (χ0n) is 13.9. The maximum Gasteiger partial charge on any atom is 0.307 e. The van der Waals surface area contributed by atoms with Crippen molar-refractivity contribution in [3.63, 3.8) is 0 Å². The molecular weight excluding hydrogens is 329 g/mol. The van der Waals surface area contributed by atoms with Crippen LogP contribution < -0.4 is 5.32 Å². The summed E-state index contributed by atoms with van der Waals surface area (Å²) in [5, 5.41) is 2.95. The first-order valence-corrected chi connectivity index (χ1v) is 9.36. The van der Waals surface area contributed by atoms with E-state index in [0.29, 0.717) is 11.7 Å². The van der Waals surface area contributed by atoms with E-state index in [9.17, 15) is 14.0 Å². The molecule has 4 nitrogen and oxygen atoms in total. The predicted molar refractivity (Wildman–Crippen MR) is 92.3 cm³/mol. The van der Waals surface area contributed by atoms with Gasteiger partial charge in [-0.2, -0.15) is 0 Å². The van der Waals surface area contributed by atoms with E-state index in [1.807, 2.05) is 0 Å². The number of halogens is 1. The summed E-state index contributed by atoms with van der Waals surface area (Å²) in [6.45, 7) is 1.92.